The molecule has 3 fully saturated rings. The Labute approximate surface area is 299 Å². The second kappa shape index (κ2) is 17.3. The largest absolute Gasteiger partial charge is 0.392 e. The number of anilines is 2. The lowest BCUT2D eigenvalue weighted by Crippen LogP contribution is -2.57. The second-order valence-electron chi connectivity index (χ2n) is 13.7. The standard InChI is InChI=1S/C39H49N5O7/c45-26-28-15-17-29(18-16-28)34-24-33(25-43-21-19-39(20-22-43)38(48)40-27-44(39)32-11-4-3-5-12-32)50-37(51-34)30-9-8-10-31(23-30)41-35(46)13-6-1-2-7-14-36(47)42-49/h3-5,8-12,15-18,23,33-34,37,45,49H,1-2,6-7,13-14,19-22,24-27H2,(H,40,48)(H,41,46)(H,42,47)/t33-,34+,37+/m1/s1. The fourth-order valence-corrected chi connectivity index (χ4v) is 7.43. The third-order valence-electron chi connectivity index (χ3n) is 10.3. The number of ether oxygens (including phenoxy) is 2. The van der Waals surface area contributed by atoms with Gasteiger partial charge < -0.3 is 35.0 Å². The van der Waals surface area contributed by atoms with Crippen molar-refractivity contribution < 1.29 is 34.2 Å². The Hall–Kier alpha value is -4.33. The van der Waals surface area contributed by atoms with Gasteiger partial charge in [0.1, 0.15) is 5.54 Å². The van der Waals surface area contributed by atoms with Gasteiger partial charge in [-0.25, -0.2) is 5.48 Å². The number of aliphatic hydroxyl groups is 1. The summed E-state index contributed by atoms with van der Waals surface area (Å²) in [6, 6.07) is 25.5. The van der Waals surface area contributed by atoms with E-state index in [2.05, 4.69) is 32.6 Å². The number of amides is 3. The number of nitrogens with one attached hydrogen (secondary N) is 3. The average molecular weight is 700 g/mol. The molecule has 3 heterocycles. The van der Waals surface area contributed by atoms with Crippen molar-refractivity contribution in [1.29, 1.82) is 0 Å². The molecule has 3 atom stereocenters. The number of piperidine rings is 1. The number of likely N-dealkylation sites (tertiary alicyclic amines) is 1. The number of carbonyl (C=O) groups is 3. The fourth-order valence-electron chi connectivity index (χ4n) is 7.43. The topological polar surface area (TPSA) is 153 Å². The molecule has 3 aliphatic heterocycles. The maximum absolute atomic E-state index is 13.2. The number of aliphatic hydroxyl groups excluding tert-OH is 1. The quantitative estimate of drug-likeness (QED) is 0.0896. The predicted molar refractivity (Wildman–Crippen MR) is 191 cm³/mol. The van der Waals surface area contributed by atoms with E-state index in [9.17, 15) is 19.5 Å². The summed E-state index contributed by atoms with van der Waals surface area (Å²) in [4.78, 5) is 41.7. The van der Waals surface area contributed by atoms with E-state index in [1.807, 2.05) is 66.7 Å². The summed E-state index contributed by atoms with van der Waals surface area (Å²) in [6.45, 7) is 2.69. The lowest BCUT2D eigenvalue weighted by molar-refractivity contribution is -0.253. The molecule has 12 heteroatoms. The lowest BCUT2D eigenvalue weighted by Gasteiger charge is -2.45. The molecule has 3 aliphatic rings. The number of unbranched alkanes of at least 4 members (excludes halogenated alkanes) is 3. The van der Waals surface area contributed by atoms with Gasteiger partial charge in [0, 0.05) is 55.8 Å². The van der Waals surface area contributed by atoms with Crippen LogP contribution in [0.4, 0.5) is 11.4 Å². The highest BCUT2D eigenvalue weighted by Crippen LogP contribution is 2.40. The molecule has 3 aromatic carbocycles. The molecule has 272 valence electrons. The minimum atomic E-state index is -0.662. The zero-order valence-corrected chi connectivity index (χ0v) is 29.0. The number of hydrogen-bond acceptors (Lipinski definition) is 9. The van der Waals surface area contributed by atoms with Crippen LogP contribution in [0, 0.1) is 0 Å². The maximum Gasteiger partial charge on any atom is 0.247 e. The second-order valence-corrected chi connectivity index (χ2v) is 13.7. The van der Waals surface area contributed by atoms with Crippen LogP contribution < -0.4 is 21.0 Å². The first kappa shape index (κ1) is 36.5. The van der Waals surface area contributed by atoms with Gasteiger partial charge in [0.15, 0.2) is 6.29 Å². The van der Waals surface area contributed by atoms with Crippen molar-refractivity contribution in [3.8, 4) is 0 Å². The number of benzene rings is 3. The Balaban J connectivity index is 1.09. The van der Waals surface area contributed by atoms with E-state index >= 15 is 0 Å². The van der Waals surface area contributed by atoms with Crippen LogP contribution in [0.1, 0.15) is 86.9 Å². The Morgan fingerprint density at radius 2 is 1.59 bits per heavy atom. The monoisotopic (exact) mass is 699 g/mol. The Morgan fingerprint density at radius 1 is 0.863 bits per heavy atom. The van der Waals surface area contributed by atoms with Gasteiger partial charge in [0.05, 0.1) is 25.5 Å². The summed E-state index contributed by atoms with van der Waals surface area (Å²) in [5, 5.41) is 24.3. The number of nitrogens with zero attached hydrogens (tertiary/aromatic N) is 2. The van der Waals surface area contributed by atoms with Crippen molar-refractivity contribution in [2.45, 2.75) is 88.4 Å². The summed E-state index contributed by atoms with van der Waals surface area (Å²) in [5.74, 6) is -0.392. The van der Waals surface area contributed by atoms with Crippen molar-refractivity contribution in [1.82, 2.24) is 15.7 Å². The highest BCUT2D eigenvalue weighted by Gasteiger charge is 2.50. The van der Waals surface area contributed by atoms with Crippen molar-refractivity contribution in [2.75, 3.05) is 36.5 Å². The molecule has 5 N–H and O–H groups in total. The number of carbonyl (C=O) groups excluding carboxylic acids is 3. The van der Waals surface area contributed by atoms with E-state index in [4.69, 9.17) is 14.7 Å². The first-order valence-electron chi connectivity index (χ1n) is 18.0. The minimum Gasteiger partial charge on any atom is -0.392 e. The van der Waals surface area contributed by atoms with Crippen LogP contribution in [-0.4, -0.2) is 70.9 Å². The molecule has 1 spiro atoms. The summed E-state index contributed by atoms with van der Waals surface area (Å²) in [7, 11) is 0. The van der Waals surface area contributed by atoms with Crippen LogP contribution in [0.3, 0.4) is 0 Å². The smallest absolute Gasteiger partial charge is 0.247 e. The molecule has 0 bridgehead atoms. The van der Waals surface area contributed by atoms with Gasteiger partial charge in [-0.05, 0) is 61.1 Å². The summed E-state index contributed by atoms with van der Waals surface area (Å²) < 4.78 is 13.2. The lowest BCUT2D eigenvalue weighted by atomic mass is 9.85. The molecular formula is C39H49N5O7. The van der Waals surface area contributed by atoms with Gasteiger partial charge in [-0.15, -0.1) is 0 Å². The van der Waals surface area contributed by atoms with Crippen LogP contribution in [0.15, 0.2) is 78.9 Å². The molecule has 3 aromatic rings. The molecule has 3 amide bonds. The number of rotatable bonds is 14. The van der Waals surface area contributed by atoms with E-state index in [0.29, 0.717) is 44.6 Å². The van der Waals surface area contributed by atoms with Crippen LogP contribution in [0.2, 0.25) is 0 Å². The summed E-state index contributed by atoms with van der Waals surface area (Å²) in [5.41, 5.74) is 5.43. The fraction of sp³-hybridized carbons (Fsp3) is 0.462. The predicted octanol–water partition coefficient (Wildman–Crippen LogP) is 4.94. The number of hydroxylamine groups is 1. The Morgan fingerprint density at radius 3 is 2.29 bits per heavy atom. The van der Waals surface area contributed by atoms with E-state index < -0.39 is 17.7 Å². The zero-order valence-electron chi connectivity index (χ0n) is 29.0. The molecule has 0 aliphatic carbocycles. The molecule has 12 nitrogen and oxygen atoms in total. The van der Waals surface area contributed by atoms with E-state index in [1.165, 1.54) is 0 Å². The number of para-hydroxylation sites is 1. The highest BCUT2D eigenvalue weighted by molar-refractivity contribution is 5.93. The van der Waals surface area contributed by atoms with Crippen molar-refractivity contribution in [3.63, 3.8) is 0 Å². The van der Waals surface area contributed by atoms with Gasteiger partial charge >= 0.3 is 0 Å². The van der Waals surface area contributed by atoms with Gasteiger partial charge in [0.25, 0.3) is 0 Å². The SMILES string of the molecule is O=C(CCCCCCC(=O)Nc1cccc([C@H]2O[C@@H](CN3CCC4(CC3)C(=O)NCN4c3ccccc3)C[C@@H](c3ccc(CO)cc3)O2)c1)NO. The summed E-state index contributed by atoms with van der Waals surface area (Å²) >= 11 is 0. The molecular weight excluding hydrogens is 650 g/mol. The van der Waals surface area contributed by atoms with Crippen LogP contribution in [-0.2, 0) is 30.5 Å². The third-order valence-corrected chi connectivity index (χ3v) is 10.3. The highest BCUT2D eigenvalue weighted by atomic mass is 16.7. The maximum atomic E-state index is 13.2. The van der Waals surface area contributed by atoms with Crippen LogP contribution in [0.25, 0.3) is 0 Å². The molecule has 0 unspecified atom stereocenters. The minimum absolute atomic E-state index is 0.0296. The first-order chi connectivity index (χ1) is 24.9. The van der Waals surface area contributed by atoms with Gasteiger partial charge in [0.2, 0.25) is 17.7 Å². The molecule has 51 heavy (non-hydrogen) atoms. The molecule has 0 saturated carbocycles. The molecule has 6 rings (SSSR count). The van der Waals surface area contributed by atoms with Crippen molar-refractivity contribution >= 4 is 29.1 Å². The van der Waals surface area contributed by atoms with E-state index in [1.54, 1.807) is 5.48 Å². The van der Waals surface area contributed by atoms with E-state index in [0.717, 1.165) is 61.2 Å². The van der Waals surface area contributed by atoms with E-state index in [-0.39, 0.29) is 37.0 Å². The van der Waals surface area contributed by atoms with Gasteiger partial charge in [-0.1, -0.05) is 67.4 Å². The van der Waals surface area contributed by atoms with Crippen LogP contribution in [0.5, 0.6) is 0 Å². The zero-order chi connectivity index (χ0) is 35.6. The summed E-state index contributed by atoms with van der Waals surface area (Å²) in [6.07, 6.45) is 4.64. The van der Waals surface area contributed by atoms with Crippen molar-refractivity contribution in [2.24, 2.45) is 0 Å². The molecule has 3 saturated heterocycles. The molecule has 0 radical (unpaired) electrons. The van der Waals surface area contributed by atoms with Crippen molar-refractivity contribution in [3.05, 3.63) is 95.6 Å². The Bertz CT molecular complexity index is 1610. The third kappa shape index (κ3) is 9.13. The first-order valence-corrected chi connectivity index (χ1v) is 18.0. The van der Waals surface area contributed by atoms with Crippen LogP contribution >= 0.6 is 0 Å². The Kier molecular flexibility index (Phi) is 12.3. The van der Waals surface area contributed by atoms with Gasteiger partial charge in [-0.2, -0.15) is 0 Å². The normalized spacial score (nSPS) is 21.7. The van der Waals surface area contributed by atoms with Gasteiger partial charge in [-0.3, -0.25) is 19.6 Å². The molecule has 0 aromatic heterocycles. The number of hydrogen-bond donors (Lipinski definition) is 5. The average Bonchev–Trinajstić information content (AvgIpc) is 3.48.